The van der Waals surface area contributed by atoms with Crippen LogP contribution < -0.4 is 5.32 Å². The first-order valence-corrected chi connectivity index (χ1v) is 7.12. The molecule has 0 aliphatic heterocycles. The van der Waals surface area contributed by atoms with Crippen molar-refractivity contribution in [2.45, 2.75) is 33.6 Å². The van der Waals surface area contributed by atoms with Crippen molar-refractivity contribution in [3.63, 3.8) is 0 Å². The Hall–Kier alpha value is -1.35. The summed E-state index contributed by atoms with van der Waals surface area (Å²) in [5, 5.41) is 4.13. The molecule has 0 radical (unpaired) electrons. The van der Waals surface area contributed by atoms with Crippen LogP contribution in [0.5, 0.6) is 0 Å². The lowest BCUT2D eigenvalue weighted by Crippen LogP contribution is -1.94. The van der Waals surface area contributed by atoms with Gasteiger partial charge in [0.25, 0.3) is 0 Å². The molecule has 0 aliphatic rings. The summed E-state index contributed by atoms with van der Waals surface area (Å²) in [6.07, 6.45) is 2.17. The minimum Gasteiger partial charge on any atom is -0.365 e. The summed E-state index contributed by atoms with van der Waals surface area (Å²) in [5.74, 6) is 0. The molecule has 0 amide bonds. The van der Waals surface area contributed by atoms with E-state index in [0.29, 0.717) is 0 Å². The van der Waals surface area contributed by atoms with Gasteiger partial charge < -0.3 is 5.32 Å². The molecule has 18 heavy (non-hydrogen) atoms. The van der Waals surface area contributed by atoms with E-state index in [1.54, 1.807) is 11.3 Å². The summed E-state index contributed by atoms with van der Waals surface area (Å²) in [7, 11) is 1.92. The SMILES string of the molecule is CNc1nc(C)c(CCc2ccc(C)cc2C)s1. The van der Waals surface area contributed by atoms with Crippen molar-refractivity contribution < 1.29 is 0 Å². The molecular weight excluding hydrogens is 240 g/mol. The molecule has 2 nitrogen and oxygen atoms in total. The fourth-order valence-corrected chi connectivity index (χ4v) is 3.06. The Morgan fingerprint density at radius 2 is 1.94 bits per heavy atom. The van der Waals surface area contributed by atoms with Crippen molar-refractivity contribution in [1.29, 1.82) is 0 Å². The van der Waals surface area contributed by atoms with Crippen molar-refractivity contribution in [3.8, 4) is 0 Å². The van der Waals surface area contributed by atoms with Crippen LogP contribution >= 0.6 is 11.3 Å². The molecule has 96 valence electrons. The maximum absolute atomic E-state index is 4.49. The third-order valence-corrected chi connectivity index (χ3v) is 4.46. The predicted molar refractivity (Wildman–Crippen MR) is 79.7 cm³/mol. The summed E-state index contributed by atoms with van der Waals surface area (Å²) in [5.41, 5.74) is 5.34. The average molecular weight is 260 g/mol. The average Bonchev–Trinajstić information content (AvgIpc) is 2.69. The van der Waals surface area contributed by atoms with Crippen LogP contribution in [0.25, 0.3) is 0 Å². The maximum Gasteiger partial charge on any atom is 0.182 e. The number of hydrogen-bond donors (Lipinski definition) is 1. The lowest BCUT2D eigenvalue weighted by Gasteiger charge is -2.06. The van der Waals surface area contributed by atoms with Gasteiger partial charge >= 0.3 is 0 Å². The van der Waals surface area contributed by atoms with E-state index in [0.717, 1.165) is 23.7 Å². The number of thiazole rings is 1. The molecule has 2 rings (SSSR count). The zero-order valence-electron chi connectivity index (χ0n) is 11.5. The highest BCUT2D eigenvalue weighted by molar-refractivity contribution is 7.15. The van der Waals surface area contributed by atoms with E-state index in [-0.39, 0.29) is 0 Å². The molecule has 0 unspecified atom stereocenters. The van der Waals surface area contributed by atoms with Gasteiger partial charge in [-0.25, -0.2) is 4.98 Å². The van der Waals surface area contributed by atoms with Crippen molar-refractivity contribution in [2.75, 3.05) is 12.4 Å². The normalized spacial score (nSPS) is 10.7. The standard InChI is InChI=1S/C15H20N2S/c1-10-5-6-13(11(2)9-10)7-8-14-12(3)17-15(16-4)18-14/h5-6,9H,7-8H2,1-4H3,(H,16,17). The second-order valence-electron chi connectivity index (χ2n) is 4.71. The molecule has 1 N–H and O–H groups in total. The van der Waals surface area contributed by atoms with Crippen molar-refractivity contribution in [3.05, 3.63) is 45.5 Å². The van der Waals surface area contributed by atoms with E-state index in [9.17, 15) is 0 Å². The summed E-state index contributed by atoms with van der Waals surface area (Å²) >= 11 is 1.77. The second-order valence-corrected chi connectivity index (χ2v) is 5.79. The number of anilines is 1. The number of hydrogen-bond acceptors (Lipinski definition) is 3. The zero-order chi connectivity index (χ0) is 13.1. The number of nitrogens with zero attached hydrogens (tertiary/aromatic N) is 1. The van der Waals surface area contributed by atoms with E-state index >= 15 is 0 Å². The molecule has 0 atom stereocenters. The number of rotatable bonds is 4. The monoisotopic (exact) mass is 260 g/mol. The molecule has 0 aliphatic carbocycles. The van der Waals surface area contributed by atoms with Crippen LogP contribution in [0.2, 0.25) is 0 Å². The molecule has 0 spiro atoms. The van der Waals surface area contributed by atoms with Gasteiger partial charge in [0.1, 0.15) is 0 Å². The van der Waals surface area contributed by atoms with E-state index in [1.165, 1.54) is 21.6 Å². The topological polar surface area (TPSA) is 24.9 Å². The molecule has 0 bridgehead atoms. The zero-order valence-corrected chi connectivity index (χ0v) is 12.3. The van der Waals surface area contributed by atoms with Gasteiger partial charge in [-0.05, 0) is 44.7 Å². The van der Waals surface area contributed by atoms with Gasteiger partial charge in [0, 0.05) is 11.9 Å². The molecule has 0 saturated heterocycles. The lowest BCUT2D eigenvalue weighted by atomic mass is 10.0. The van der Waals surface area contributed by atoms with Gasteiger partial charge in [0.15, 0.2) is 5.13 Å². The van der Waals surface area contributed by atoms with E-state index in [1.807, 2.05) is 7.05 Å². The van der Waals surface area contributed by atoms with Gasteiger partial charge in [-0.3, -0.25) is 0 Å². The summed E-state index contributed by atoms with van der Waals surface area (Å²) in [4.78, 5) is 5.87. The number of nitrogens with one attached hydrogen (secondary N) is 1. The highest BCUT2D eigenvalue weighted by Crippen LogP contribution is 2.24. The predicted octanol–water partition coefficient (Wildman–Crippen LogP) is 3.90. The molecule has 1 aromatic carbocycles. The summed E-state index contributed by atoms with van der Waals surface area (Å²) in [6.45, 7) is 6.43. The largest absolute Gasteiger partial charge is 0.365 e. The first-order chi connectivity index (χ1) is 8.60. The van der Waals surface area contributed by atoms with Crippen LogP contribution in [0.15, 0.2) is 18.2 Å². The Balaban J connectivity index is 2.08. The van der Waals surface area contributed by atoms with Crippen LogP contribution in [0.4, 0.5) is 5.13 Å². The Bertz CT molecular complexity index is 543. The molecule has 3 heteroatoms. The van der Waals surface area contributed by atoms with Crippen molar-refractivity contribution in [2.24, 2.45) is 0 Å². The molecule has 0 fully saturated rings. The number of aromatic nitrogens is 1. The Morgan fingerprint density at radius 1 is 1.17 bits per heavy atom. The molecule has 1 aromatic heterocycles. The highest BCUT2D eigenvalue weighted by Gasteiger charge is 2.07. The van der Waals surface area contributed by atoms with Gasteiger partial charge in [-0.15, -0.1) is 11.3 Å². The minimum absolute atomic E-state index is 1.02. The maximum atomic E-state index is 4.49. The first kappa shape index (κ1) is 13.1. The summed E-state index contributed by atoms with van der Waals surface area (Å²) < 4.78 is 0. The van der Waals surface area contributed by atoms with E-state index in [2.05, 4.69) is 49.3 Å². The van der Waals surface area contributed by atoms with Gasteiger partial charge in [0.2, 0.25) is 0 Å². The Labute approximate surface area is 113 Å². The Morgan fingerprint density at radius 3 is 2.56 bits per heavy atom. The Kier molecular flexibility index (Phi) is 4.02. The van der Waals surface area contributed by atoms with Crippen molar-refractivity contribution in [1.82, 2.24) is 4.98 Å². The second kappa shape index (κ2) is 5.53. The highest BCUT2D eigenvalue weighted by atomic mass is 32.1. The minimum atomic E-state index is 1.02. The quantitative estimate of drug-likeness (QED) is 0.902. The fourth-order valence-electron chi connectivity index (χ4n) is 2.14. The molecule has 2 aromatic rings. The number of aryl methyl sites for hydroxylation is 5. The van der Waals surface area contributed by atoms with Gasteiger partial charge in [0.05, 0.1) is 5.69 Å². The summed E-state index contributed by atoms with van der Waals surface area (Å²) in [6, 6.07) is 6.70. The van der Waals surface area contributed by atoms with Gasteiger partial charge in [-0.2, -0.15) is 0 Å². The number of benzene rings is 1. The van der Waals surface area contributed by atoms with E-state index in [4.69, 9.17) is 0 Å². The van der Waals surface area contributed by atoms with E-state index < -0.39 is 0 Å². The smallest absolute Gasteiger partial charge is 0.182 e. The third kappa shape index (κ3) is 2.91. The lowest BCUT2D eigenvalue weighted by molar-refractivity contribution is 0.950. The molecule has 0 saturated carbocycles. The fraction of sp³-hybridized carbons (Fsp3) is 0.400. The van der Waals surface area contributed by atoms with Gasteiger partial charge in [-0.1, -0.05) is 23.8 Å². The molecular formula is C15H20N2S. The van der Waals surface area contributed by atoms with Crippen LogP contribution in [0, 0.1) is 20.8 Å². The molecule has 1 heterocycles. The first-order valence-electron chi connectivity index (χ1n) is 6.30. The third-order valence-electron chi connectivity index (χ3n) is 3.23. The van der Waals surface area contributed by atoms with Crippen LogP contribution in [-0.4, -0.2) is 12.0 Å². The van der Waals surface area contributed by atoms with Crippen LogP contribution in [0.3, 0.4) is 0 Å². The van der Waals surface area contributed by atoms with Crippen LogP contribution in [0.1, 0.15) is 27.3 Å². The van der Waals surface area contributed by atoms with Crippen molar-refractivity contribution >= 4 is 16.5 Å². The van der Waals surface area contributed by atoms with Crippen LogP contribution in [-0.2, 0) is 12.8 Å².